The minimum Gasteiger partial charge on any atom is -0.493 e. The van der Waals surface area contributed by atoms with Crippen LogP contribution in [-0.2, 0) is 0 Å². The van der Waals surface area contributed by atoms with Gasteiger partial charge < -0.3 is 15.8 Å². The first-order chi connectivity index (χ1) is 9.24. The first-order valence-electron chi connectivity index (χ1n) is 7.05. The molecule has 0 radical (unpaired) electrons. The zero-order valence-electron chi connectivity index (χ0n) is 11.7. The largest absolute Gasteiger partial charge is 0.493 e. The van der Waals surface area contributed by atoms with Gasteiger partial charge in [-0.15, -0.1) is 24.0 Å². The molecule has 1 aromatic rings. The third-order valence-electron chi connectivity index (χ3n) is 4.17. The number of fused-ring (bicyclic) bond motifs is 1. The number of nitrogens with two attached hydrogens (primary N) is 1. The van der Waals surface area contributed by atoms with E-state index in [-0.39, 0.29) is 30.0 Å². The number of halogens is 1. The molecule has 1 fully saturated rings. The van der Waals surface area contributed by atoms with Gasteiger partial charge in [-0.05, 0) is 24.8 Å². The summed E-state index contributed by atoms with van der Waals surface area (Å²) < 4.78 is 5.64. The van der Waals surface area contributed by atoms with E-state index >= 15 is 0 Å². The highest BCUT2D eigenvalue weighted by atomic mass is 127. The summed E-state index contributed by atoms with van der Waals surface area (Å²) >= 11 is 0. The van der Waals surface area contributed by atoms with Gasteiger partial charge in [0.1, 0.15) is 5.75 Å². The molecule has 1 aliphatic carbocycles. The van der Waals surface area contributed by atoms with Crippen LogP contribution in [0.5, 0.6) is 5.75 Å². The highest BCUT2D eigenvalue weighted by Gasteiger charge is 2.27. The van der Waals surface area contributed by atoms with Crippen molar-refractivity contribution in [2.24, 2.45) is 16.6 Å². The molecule has 3 unspecified atom stereocenters. The van der Waals surface area contributed by atoms with E-state index in [0.29, 0.717) is 24.5 Å². The van der Waals surface area contributed by atoms with E-state index in [9.17, 15) is 0 Å². The summed E-state index contributed by atoms with van der Waals surface area (Å²) in [7, 11) is 0. The SMILES string of the molecule is CC1CCC1NC(N)=NC1CCOc2ccccc21.I. The van der Waals surface area contributed by atoms with Crippen molar-refractivity contribution in [3.05, 3.63) is 29.8 Å². The van der Waals surface area contributed by atoms with Crippen LogP contribution in [0.2, 0.25) is 0 Å². The number of nitrogens with zero attached hydrogens (tertiary/aromatic N) is 1. The standard InChI is InChI=1S/C15H21N3O.HI/c1-10-6-7-12(10)17-15(16)18-13-8-9-19-14-5-3-2-4-11(13)14;/h2-5,10,12-13H,6-9H2,1H3,(H3,16,17,18);1H. The van der Waals surface area contributed by atoms with Gasteiger partial charge in [0.05, 0.1) is 12.6 Å². The maximum absolute atomic E-state index is 6.03. The van der Waals surface area contributed by atoms with Crippen LogP contribution in [0.25, 0.3) is 0 Å². The lowest BCUT2D eigenvalue weighted by Gasteiger charge is -2.35. The van der Waals surface area contributed by atoms with Crippen molar-refractivity contribution in [2.75, 3.05) is 6.61 Å². The molecule has 1 heterocycles. The summed E-state index contributed by atoms with van der Waals surface area (Å²) in [5.74, 6) is 2.21. The lowest BCUT2D eigenvalue weighted by Crippen LogP contribution is -2.48. The Labute approximate surface area is 137 Å². The molecular weight excluding hydrogens is 365 g/mol. The molecule has 4 nitrogen and oxygen atoms in total. The molecule has 0 amide bonds. The third kappa shape index (κ3) is 3.19. The Bertz CT molecular complexity index is 492. The molecule has 1 aromatic carbocycles. The average Bonchev–Trinajstić information content (AvgIpc) is 2.44. The van der Waals surface area contributed by atoms with Crippen molar-refractivity contribution >= 4 is 29.9 Å². The van der Waals surface area contributed by atoms with Gasteiger partial charge in [0, 0.05) is 18.0 Å². The van der Waals surface area contributed by atoms with E-state index in [1.54, 1.807) is 0 Å². The Balaban J connectivity index is 0.00000147. The van der Waals surface area contributed by atoms with E-state index in [1.165, 1.54) is 12.8 Å². The molecule has 0 spiro atoms. The fourth-order valence-electron chi connectivity index (χ4n) is 2.73. The average molecular weight is 387 g/mol. The second-order valence-electron chi connectivity index (χ2n) is 5.51. The number of para-hydroxylation sites is 1. The van der Waals surface area contributed by atoms with Gasteiger partial charge in [-0.25, -0.2) is 4.99 Å². The van der Waals surface area contributed by atoms with Gasteiger partial charge in [0.25, 0.3) is 0 Å². The molecule has 3 rings (SSSR count). The number of rotatable bonds is 2. The van der Waals surface area contributed by atoms with Crippen molar-refractivity contribution < 1.29 is 4.74 Å². The van der Waals surface area contributed by atoms with Crippen molar-refractivity contribution in [2.45, 2.75) is 38.3 Å². The molecular formula is C15H22IN3O. The minimum absolute atomic E-state index is 0. The normalized spacial score (nSPS) is 28.4. The predicted molar refractivity (Wildman–Crippen MR) is 91.7 cm³/mol. The molecule has 1 saturated carbocycles. The topological polar surface area (TPSA) is 59.6 Å². The lowest BCUT2D eigenvalue weighted by atomic mass is 9.81. The van der Waals surface area contributed by atoms with Crippen LogP contribution < -0.4 is 15.8 Å². The summed E-state index contributed by atoms with van der Waals surface area (Å²) in [5, 5.41) is 3.33. The van der Waals surface area contributed by atoms with Crippen LogP contribution in [-0.4, -0.2) is 18.6 Å². The molecule has 0 saturated heterocycles. The molecule has 0 bridgehead atoms. The number of aliphatic imine (C=N–C) groups is 1. The number of guanidine groups is 1. The minimum atomic E-state index is 0. The Morgan fingerprint density at radius 1 is 1.30 bits per heavy atom. The van der Waals surface area contributed by atoms with Crippen molar-refractivity contribution in [3.8, 4) is 5.75 Å². The summed E-state index contributed by atoms with van der Waals surface area (Å²) in [4.78, 5) is 4.64. The second kappa shape index (κ2) is 6.65. The first-order valence-corrected chi connectivity index (χ1v) is 7.05. The van der Waals surface area contributed by atoms with Crippen molar-refractivity contribution in [1.82, 2.24) is 5.32 Å². The molecule has 0 aromatic heterocycles. The van der Waals surface area contributed by atoms with E-state index in [2.05, 4.69) is 23.3 Å². The molecule has 20 heavy (non-hydrogen) atoms. The quantitative estimate of drug-likeness (QED) is 0.466. The fraction of sp³-hybridized carbons (Fsp3) is 0.533. The lowest BCUT2D eigenvalue weighted by molar-refractivity contribution is 0.254. The van der Waals surface area contributed by atoms with Crippen molar-refractivity contribution in [3.63, 3.8) is 0 Å². The van der Waals surface area contributed by atoms with Gasteiger partial charge >= 0.3 is 0 Å². The van der Waals surface area contributed by atoms with E-state index in [1.807, 2.05) is 18.2 Å². The van der Waals surface area contributed by atoms with Gasteiger partial charge in [0.2, 0.25) is 0 Å². The summed E-state index contributed by atoms with van der Waals surface area (Å²) in [6.07, 6.45) is 3.37. The highest BCUT2D eigenvalue weighted by molar-refractivity contribution is 14.0. The van der Waals surface area contributed by atoms with Gasteiger partial charge in [-0.1, -0.05) is 25.1 Å². The Kier molecular flexibility index (Phi) is 5.12. The summed E-state index contributed by atoms with van der Waals surface area (Å²) in [6, 6.07) is 8.69. The Morgan fingerprint density at radius 2 is 2.10 bits per heavy atom. The zero-order valence-corrected chi connectivity index (χ0v) is 14.0. The molecule has 110 valence electrons. The number of ether oxygens (including phenoxy) is 1. The Morgan fingerprint density at radius 3 is 2.80 bits per heavy atom. The fourth-order valence-corrected chi connectivity index (χ4v) is 2.73. The van der Waals surface area contributed by atoms with Crippen LogP contribution in [0, 0.1) is 5.92 Å². The predicted octanol–water partition coefficient (Wildman–Crippen LogP) is 2.83. The zero-order chi connectivity index (χ0) is 13.2. The third-order valence-corrected chi connectivity index (χ3v) is 4.17. The van der Waals surface area contributed by atoms with Gasteiger partial charge in [0.15, 0.2) is 5.96 Å². The smallest absolute Gasteiger partial charge is 0.189 e. The second-order valence-corrected chi connectivity index (χ2v) is 5.51. The maximum atomic E-state index is 6.03. The molecule has 3 atom stereocenters. The Hall–Kier alpha value is -0.980. The van der Waals surface area contributed by atoms with Crippen LogP contribution in [0.4, 0.5) is 0 Å². The molecule has 3 N–H and O–H groups in total. The monoisotopic (exact) mass is 387 g/mol. The molecule has 5 heteroatoms. The van der Waals surface area contributed by atoms with Crippen LogP contribution in [0.1, 0.15) is 37.8 Å². The first kappa shape index (κ1) is 15.4. The van der Waals surface area contributed by atoms with Crippen LogP contribution in [0.3, 0.4) is 0 Å². The van der Waals surface area contributed by atoms with Crippen molar-refractivity contribution in [1.29, 1.82) is 0 Å². The molecule has 1 aliphatic heterocycles. The number of hydrogen-bond acceptors (Lipinski definition) is 2. The van der Waals surface area contributed by atoms with Gasteiger partial charge in [-0.3, -0.25) is 0 Å². The van der Waals surface area contributed by atoms with E-state index in [0.717, 1.165) is 17.7 Å². The highest BCUT2D eigenvalue weighted by Crippen LogP contribution is 2.34. The summed E-state index contributed by atoms with van der Waals surface area (Å²) in [6.45, 7) is 2.95. The van der Waals surface area contributed by atoms with E-state index < -0.39 is 0 Å². The maximum Gasteiger partial charge on any atom is 0.189 e. The van der Waals surface area contributed by atoms with Gasteiger partial charge in [-0.2, -0.15) is 0 Å². The molecule has 2 aliphatic rings. The number of benzene rings is 1. The van der Waals surface area contributed by atoms with Crippen LogP contribution >= 0.6 is 24.0 Å². The van der Waals surface area contributed by atoms with E-state index in [4.69, 9.17) is 10.5 Å². The number of nitrogens with one attached hydrogen (secondary N) is 1. The summed E-state index contributed by atoms with van der Waals surface area (Å²) in [5.41, 5.74) is 7.17. The van der Waals surface area contributed by atoms with Crippen LogP contribution in [0.15, 0.2) is 29.3 Å². The number of hydrogen-bond donors (Lipinski definition) is 2.